The molecule has 1 aromatic heterocycles. The fraction of sp³-hybridized carbons (Fsp3) is 0.556. The van der Waals surface area contributed by atoms with Crippen LogP contribution in [0.1, 0.15) is 5.69 Å². The van der Waals surface area contributed by atoms with Crippen LogP contribution in [0.25, 0.3) is 0 Å². The van der Waals surface area contributed by atoms with E-state index in [1.165, 1.54) is 0 Å². The predicted molar refractivity (Wildman–Crippen MR) is 48.3 cm³/mol. The van der Waals surface area contributed by atoms with E-state index in [0.717, 1.165) is 25.2 Å². The molecule has 0 saturated carbocycles. The van der Waals surface area contributed by atoms with Gasteiger partial charge < -0.3 is 10.1 Å². The third-order valence-electron chi connectivity index (χ3n) is 2.47. The molecule has 0 atom stereocenters. The molecule has 0 aromatic carbocycles. The molecule has 2 rings (SSSR count). The lowest BCUT2D eigenvalue weighted by Crippen LogP contribution is -2.62. The largest absolute Gasteiger partial charge is 0.375 e. The highest BCUT2D eigenvalue weighted by atomic mass is 16.5. The Morgan fingerprint density at radius 2 is 2.46 bits per heavy atom. The number of hydrogen-bond donors (Lipinski definition) is 1. The average molecular weight is 179 g/mol. The minimum absolute atomic E-state index is 0.0334. The summed E-state index contributed by atoms with van der Waals surface area (Å²) in [5.41, 5.74) is 1.01. The van der Waals surface area contributed by atoms with Crippen LogP contribution in [0.4, 0.5) is 0 Å². The fourth-order valence-corrected chi connectivity index (χ4v) is 1.50. The van der Waals surface area contributed by atoms with Crippen LogP contribution in [0, 0.1) is 0 Å². The molecule has 4 nitrogen and oxygen atoms in total. The summed E-state index contributed by atoms with van der Waals surface area (Å²) in [6.07, 6.45) is 4.20. The number of ether oxygens (including phenoxy) is 1. The van der Waals surface area contributed by atoms with Crippen LogP contribution < -0.4 is 5.32 Å². The highest BCUT2D eigenvalue weighted by Crippen LogP contribution is 2.20. The van der Waals surface area contributed by atoms with Crippen molar-refractivity contribution in [3.8, 4) is 0 Å². The number of nitrogens with zero attached hydrogens (tertiary/aromatic N) is 2. The summed E-state index contributed by atoms with van der Waals surface area (Å²) < 4.78 is 5.45. The molecule has 4 heteroatoms. The Morgan fingerprint density at radius 3 is 2.92 bits per heavy atom. The van der Waals surface area contributed by atoms with Gasteiger partial charge in [-0.25, -0.2) is 9.97 Å². The van der Waals surface area contributed by atoms with Gasteiger partial charge in [0.1, 0.15) is 6.33 Å². The third-order valence-corrected chi connectivity index (χ3v) is 2.47. The van der Waals surface area contributed by atoms with Crippen LogP contribution in [0.5, 0.6) is 0 Å². The molecule has 13 heavy (non-hydrogen) atoms. The van der Waals surface area contributed by atoms with Crippen molar-refractivity contribution >= 4 is 0 Å². The molecule has 0 unspecified atom stereocenters. The zero-order valence-electron chi connectivity index (χ0n) is 7.66. The normalized spacial score (nSPS) is 19.5. The first kappa shape index (κ1) is 8.59. The highest BCUT2D eigenvalue weighted by Gasteiger charge is 2.37. The Hall–Kier alpha value is -1.00. The fourth-order valence-electron chi connectivity index (χ4n) is 1.50. The van der Waals surface area contributed by atoms with E-state index in [4.69, 9.17) is 4.74 Å². The van der Waals surface area contributed by atoms with Crippen LogP contribution >= 0.6 is 0 Å². The maximum atomic E-state index is 5.45. The van der Waals surface area contributed by atoms with Gasteiger partial charge in [0, 0.05) is 38.5 Å². The quantitative estimate of drug-likeness (QED) is 0.710. The molecule has 0 radical (unpaired) electrons. The molecule has 2 heterocycles. The molecule has 0 bridgehead atoms. The molecule has 1 fully saturated rings. The smallest absolute Gasteiger partial charge is 0.115 e. The molecule has 70 valence electrons. The topological polar surface area (TPSA) is 47.0 Å². The Kier molecular flexibility index (Phi) is 2.24. The van der Waals surface area contributed by atoms with Gasteiger partial charge in [0.2, 0.25) is 0 Å². The molecule has 1 aliphatic heterocycles. The van der Waals surface area contributed by atoms with Gasteiger partial charge in [-0.2, -0.15) is 0 Å². The molecular formula is C9H13N3O. The first-order valence-electron chi connectivity index (χ1n) is 4.35. The van der Waals surface area contributed by atoms with Crippen LogP contribution in [0.2, 0.25) is 0 Å². The van der Waals surface area contributed by atoms with E-state index in [1.807, 2.05) is 6.07 Å². The van der Waals surface area contributed by atoms with Crippen molar-refractivity contribution in [3.63, 3.8) is 0 Å². The Balaban J connectivity index is 2.05. The molecule has 0 amide bonds. The summed E-state index contributed by atoms with van der Waals surface area (Å²) in [6.45, 7) is 1.82. The minimum atomic E-state index is -0.0334. The zero-order chi connectivity index (χ0) is 9.15. The van der Waals surface area contributed by atoms with E-state index >= 15 is 0 Å². The first-order chi connectivity index (χ1) is 6.35. The second kappa shape index (κ2) is 3.40. The van der Waals surface area contributed by atoms with Gasteiger partial charge in [0.15, 0.2) is 0 Å². The number of hydrogen-bond acceptors (Lipinski definition) is 4. The first-order valence-corrected chi connectivity index (χ1v) is 4.35. The maximum Gasteiger partial charge on any atom is 0.115 e. The average Bonchev–Trinajstić information content (AvgIpc) is 2.13. The standard InChI is InChI=1S/C9H13N3O/c1-13-9(5-11-6-9)4-8-2-3-10-7-12-8/h2-3,7,11H,4-6H2,1H3. The second-order valence-electron chi connectivity index (χ2n) is 3.37. The molecule has 0 spiro atoms. The lowest BCUT2D eigenvalue weighted by molar-refractivity contribution is -0.0508. The lowest BCUT2D eigenvalue weighted by atomic mass is 9.91. The Labute approximate surface area is 77.4 Å². The summed E-state index contributed by atoms with van der Waals surface area (Å²) >= 11 is 0. The molecule has 1 N–H and O–H groups in total. The van der Waals surface area contributed by atoms with Crippen LogP contribution in [-0.4, -0.2) is 35.8 Å². The predicted octanol–water partition coefficient (Wildman–Crippen LogP) is 0.00750. The lowest BCUT2D eigenvalue weighted by Gasteiger charge is -2.41. The van der Waals surface area contributed by atoms with Crippen LogP contribution in [-0.2, 0) is 11.2 Å². The van der Waals surface area contributed by atoms with Crippen molar-refractivity contribution in [1.82, 2.24) is 15.3 Å². The number of methoxy groups -OCH3 is 1. The highest BCUT2D eigenvalue weighted by molar-refractivity contribution is 5.08. The Morgan fingerprint density at radius 1 is 1.62 bits per heavy atom. The molecule has 1 saturated heterocycles. The number of nitrogens with one attached hydrogen (secondary N) is 1. The van der Waals surface area contributed by atoms with Gasteiger partial charge in [-0.1, -0.05) is 0 Å². The summed E-state index contributed by atoms with van der Waals surface area (Å²) in [5.74, 6) is 0. The SMILES string of the molecule is COC1(Cc2ccncn2)CNC1. The minimum Gasteiger partial charge on any atom is -0.375 e. The van der Waals surface area contributed by atoms with Crippen molar-refractivity contribution in [2.75, 3.05) is 20.2 Å². The van der Waals surface area contributed by atoms with Gasteiger partial charge in [-0.3, -0.25) is 0 Å². The molecule has 1 aromatic rings. The third kappa shape index (κ3) is 1.68. The van der Waals surface area contributed by atoms with E-state index < -0.39 is 0 Å². The number of aromatic nitrogens is 2. The van der Waals surface area contributed by atoms with Crippen LogP contribution in [0.15, 0.2) is 18.6 Å². The van der Waals surface area contributed by atoms with Gasteiger partial charge in [0.05, 0.1) is 5.60 Å². The van der Waals surface area contributed by atoms with Crippen molar-refractivity contribution in [1.29, 1.82) is 0 Å². The molecular weight excluding hydrogens is 166 g/mol. The zero-order valence-corrected chi connectivity index (χ0v) is 7.66. The second-order valence-corrected chi connectivity index (χ2v) is 3.37. The monoisotopic (exact) mass is 179 g/mol. The summed E-state index contributed by atoms with van der Waals surface area (Å²) in [4.78, 5) is 8.05. The Bertz CT molecular complexity index is 266. The molecule has 0 aliphatic carbocycles. The van der Waals surface area contributed by atoms with E-state index in [0.29, 0.717) is 0 Å². The van der Waals surface area contributed by atoms with E-state index in [-0.39, 0.29) is 5.60 Å². The number of rotatable bonds is 3. The summed E-state index contributed by atoms with van der Waals surface area (Å²) in [6, 6.07) is 1.93. The van der Waals surface area contributed by atoms with Crippen molar-refractivity contribution in [3.05, 3.63) is 24.3 Å². The summed E-state index contributed by atoms with van der Waals surface area (Å²) in [7, 11) is 1.75. The molecule has 1 aliphatic rings. The van der Waals surface area contributed by atoms with Crippen molar-refractivity contribution in [2.24, 2.45) is 0 Å². The van der Waals surface area contributed by atoms with Crippen molar-refractivity contribution < 1.29 is 4.74 Å². The van der Waals surface area contributed by atoms with Crippen LogP contribution in [0.3, 0.4) is 0 Å². The summed E-state index contributed by atoms with van der Waals surface area (Å²) in [5, 5.41) is 3.20. The maximum absolute atomic E-state index is 5.45. The van der Waals surface area contributed by atoms with E-state index in [2.05, 4.69) is 15.3 Å². The van der Waals surface area contributed by atoms with Gasteiger partial charge in [-0.05, 0) is 6.07 Å². The van der Waals surface area contributed by atoms with E-state index in [1.54, 1.807) is 19.6 Å². The van der Waals surface area contributed by atoms with Gasteiger partial charge in [0.25, 0.3) is 0 Å². The van der Waals surface area contributed by atoms with Gasteiger partial charge >= 0.3 is 0 Å². The van der Waals surface area contributed by atoms with Crippen molar-refractivity contribution in [2.45, 2.75) is 12.0 Å². The van der Waals surface area contributed by atoms with Gasteiger partial charge in [-0.15, -0.1) is 0 Å². The van der Waals surface area contributed by atoms with E-state index in [9.17, 15) is 0 Å².